The first-order valence-corrected chi connectivity index (χ1v) is 7.70. The van der Waals surface area contributed by atoms with Crippen molar-refractivity contribution >= 4 is 12.1 Å². The van der Waals surface area contributed by atoms with E-state index in [4.69, 9.17) is 4.74 Å². The van der Waals surface area contributed by atoms with Gasteiger partial charge in [0.05, 0.1) is 6.21 Å². The standard InChI is InChI=1S/C19H22N2O3/c1-12-8-9-14(3)19(15(12)4)24-11-17(22)21-20-10-16-7-5-6-13(2)18(16)23/h5-10,23H,11H2,1-4H3,(H,21,22). The number of ether oxygens (including phenoxy) is 1. The van der Waals surface area contributed by atoms with Crippen LogP contribution in [0.2, 0.25) is 0 Å². The Bertz CT molecular complexity index is 782. The number of nitrogens with zero attached hydrogens (tertiary/aromatic N) is 1. The summed E-state index contributed by atoms with van der Waals surface area (Å²) in [5, 5.41) is 13.7. The number of aromatic hydroxyl groups is 1. The Morgan fingerprint density at radius 2 is 1.83 bits per heavy atom. The van der Waals surface area contributed by atoms with E-state index in [1.165, 1.54) is 6.21 Å². The van der Waals surface area contributed by atoms with Gasteiger partial charge in [-0.05, 0) is 56.0 Å². The molecule has 0 atom stereocenters. The van der Waals surface area contributed by atoms with Crippen LogP contribution in [-0.2, 0) is 4.79 Å². The quantitative estimate of drug-likeness (QED) is 0.655. The second-order valence-corrected chi connectivity index (χ2v) is 5.75. The molecule has 2 N–H and O–H groups in total. The molecule has 0 bridgehead atoms. The molecule has 0 aliphatic carbocycles. The van der Waals surface area contributed by atoms with E-state index in [0.29, 0.717) is 5.56 Å². The number of aryl methyl sites for hydroxylation is 3. The number of benzene rings is 2. The van der Waals surface area contributed by atoms with Crippen molar-refractivity contribution < 1.29 is 14.6 Å². The smallest absolute Gasteiger partial charge is 0.277 e. The van der Waals surface area contributed by atoms with E-state index in [1.807, 2.05) is 39.0 Å². The third kappa shape index (κ3) is 4.13. The van der Waals surface area contributed by atoms with Crippen LogP contribution >= 0.6 is 0 Å². The maximum Gasteiger partial charge on any atom is 0.277 e. The Labute approximate surface area is 142 Å². The van der Waals surface area contributed by atoms with Gasteiger partial charge in [-0.2, -0.15) is 5.10 Å². The second kappa shape index (κ2) is 7.64. The van der Waals surface area contributed by atoms with Crippen LogP contribution < -0.4 is 10.2 Å². The number of nitrogens with one attached hydrogen (secondary N) is 1. The molecule has 0 radical (unpaired) electrons. The molecule has 126 valence electrons. The molecule has 0 aliphatic heterocycles. The summed E-state index contributed by atoms with van der Waals surface area (Å²) in [7, 11) is 0. The largest absolute Gasteiger partial charge is 0.507 e. The minimum atomic E-state index is -0.362. The Balaban J connectivity index is 1.94. The number of phenolic OH excluding ortho intramolecular Hbond substituents is 1. The number of carbonyl (C=O) groups excluding carboxylic acids is 1. The zero-order valence-corrected chi connectivity index (χ0v) is 14.4. The highest BCUT2D eigenvalue weighted by Gasteiger charge is 2.09. The number of phenols is 1. The lowest BCUT2D eigenvalue weighted by molar-refractivity contribution is -0.123. The van der Waals surface area contributed by atoms with Crippen LogP contribution in [0.5, 0.6) is 11.5 Å². The third-order valence-corrected chi connectivity index (χ3v) is 3.88. The van der Waals surface area contributed by atoms with Gasteiger partial charge in [-0.25, -0.2) is 5.43 Å². The summed E-state index contributed by atoms with van der Waals surface area (Å²) in [6, 6.07) is 9.31. The molecule has 2 rings (SSSR count). The van der Waals surface area contributed by atoms with Crippen molar-refractivity contribution in [3.05, 3.63) is 58.1 Å². The molecule has 0 heterocycles. The second-order valence-electron chi connectivity index (χ2n) is 5.75. The van der Waals surface area contributed by atoms with Gasteiger partial charge in [-0.1, -0.05) is 24.3 Å². The monoisotopic (exact) mass is 326 g/mol. The van der Waals surface area contributed by atoms with Crippen molar-refractivity contribution in [1.29, 1.82) is 0 Å². The SMILES string of the molecule is Cc1ccc(C)c(OCC(=O)NN=Cc2cccc(C)c2O)c1C. The average molecular weight is 326 g/mol. The van der Waals surface area contributed by atoms with E-state index < -0.39 is 0 Å². The van der Waals surface area contributed by atoms with E-state index in [0.717, 1.165) is 28.0 Å². The molecule has 2 aromatic rings. The molecule has 0 fully saturated rings. The first kappa shape index (κ1) is 17.5. The fourth-order valence-electron chi connectivity index (χ4n) is 2.28. The highest BCUT2D eigenvalue weighted by Crippen LogP contribution is 2.25. The van der Waals surface area contributed by atoms with Crippen LogP contribution in [0, 0.1) is 27.7 Å². The Morgan fingerprint density at radius 1 is 1.12 bits per heavy atom. The molecular formula is C19H22N2O3. The van der Waals surface area contributed by atoms with Gasteiger partial charge >= 0.3 is 0 Å². The van der Waals surface area contributed by atoms with Crippen LogP contribution in [0.15, 0.2) is 35.4 Å². The van der Waals surface area contributed by atoms with Gasteiger partial charge in [0.25, 0.3) is 5.91 Å². The molecule has 0 aromatic heterocycles. The number of hydrogen-bond donors (Lipinski definition) is 2. The first-order valence-electron chi connectivity index (χ1n) is 7.70. The predicted molar refractivity (Wildman–Crippen MR) is 94.7 cm³/mol. The molecule has 0 unspecified atom stereocenters. The highest BCUT2D eigenvalue weighted by atomic mass is 16.5. The number of hydrogen-bond acceptors (Lipinski definition) is 4. The fraction of sp³-hybridized carbons (Fsp3) is 0.263. The van der Waals surface area contributed by atoms with Gasteiger partial charge in [0, 0.05) is 5.56 Å². The summed E-state index contributed by atoms with van der Waals surface area (Å²) in [5.41, 5.74) is 6.81. The van der Waals surface area contributed by atoms with Crippen LogP contribution in [0.3, 0.4) is 0 Å². The fourth-order valence-corrected chi connectivity index (χ4v) is 2.28. The predicted octanol–water partition coefficient (Wildman–Crippen LogP) is 3.15. The summed E-state index contributed by atoms with van der Waals surface area (Å²) in [6.45, 7) is 7.58. The first-order chi connectivity index (χ1) is 11.4. The maximum absolute atomic E-state index is 11.9. The van der Waals surface area contributed by atoms with Gasteiger partial charge in [-0.3, -0.25) is 4.79 Å². The third-order valence-electron chi connectivity index (χ3n) is 3.88. The van der Waals surface area contributed by atoms with Gasteiger partial charge in [0.2, 0.25) is 0 Å². The maximum atomic E-state index is 11.9. The summed E-state index contributed by atoms with van der Waals surface area (Å²) in [4.78, 5) is 11.9. The molecule has 5 heteroatoms. The van der Waals surface area contributed by atoms with E-state index in [2.05, 4.69) is 10.5 Å². The Kier molecular flexibility index (Phi) is 5.58. The molecule has 0 saturated heterocycles. The topological polar surface area (TPSA) is 70.9 Å². The summed E-state index contributed by atoms with van der Waals surface area (Å²) in [6.07, 6.45) is 1.41. The highest BCUT2D eigenvalue weighted by molar-refractivity contribution is 5.85. The minimum absolute atomic E-state index is 0.123. The van der Waals surface area contributed by atoms with Crippen molar-refractivity contribution in [3.63, 3.8) is 0 Å². The van der Waals surface area contributed by atoms with Crippen LogP contribution in [0.1, 0.15) is 27.8 Å². The normalized spacial score (nSPS) is 10.8. The number of rotatable bonds is 5. The van der Waals surface area contributed by atoms with Crippen molar-refractivity contribution in [2.24, 2.45) is 5.10 Å². The van der Waals surface area contributed by atoms with Crippen LogP contribution in [0.4, 0.5) is 0 Å². The zero-order valence-electron chi connectivity index (χ0n) is 14.4. The van der Waals surface area contributed by atoms with Gasteiger partial charge in [-0.15, -0.1) is 0 Å². The number of amides is 1. The van der Waals surface area contributed by atoms with Gasteiger partial charge in [0.1, 0.15) is 11.5 Å². The Hall–Kier alpha value is -2.82. The molecule has 5 nitrogen and oxygen atoms in total. The number of para-hydroxylation sites is 1. The van der Waals surface area contributed by atoms with Crippen LogP contribution in [0.25, 0.3) is 0 Å². The lowest BCUT2D eigenvalue weighted by Crippen LogP contribution is -2.25. The van der Waals surface area contributed by atoms with E-state index in [-0.39, 0.29) is 18.3 Å². The molecule has 0 spiro atoms. The summed E-state index contributed by atoms with van der Waals surface area (Å²) < 4.78 is 5.62. The van der Waals surface area contributed by atoms with Crippen LogP contribution in [-0.4, -0.2) is 23.8 Å². The molecule has 0 saturated carbocycles. The molecule has 0 aliphatic rings. The van der Waals surface area contributed by atoms with Gasteiger partial charge in [0.15, 0.2) is 6.61 Å². The lowest BCUT2D eigenvalue weighted by Gasteiger charge is -2.13. The molecule has 2 aromatic carbocycles. The lowest BCUT2D eigenvalue weighted by atomic mass is 10.1. The van der Waals surface area contributed by atoms with Crippen molar-refractivity contribution in [2.45, 2.75) is 27.7 Å². The van der Waals surface area contributed by atoms with E-state index >= 15 is 0 Å². The Morgan fingerprint density at radius 3 is 2.58 bits per heavy atom. The zero-order chi connectivity index (χ0) is 17.7. The van der Waals surface area contributed by atoms with E-state index in [9.17, 15) is 9.90 Å². The van der Waals surface area contributed by atoms with Crippen molar-refractivity contribution in [2.75, 3.05) is 6.61 Å². The van der Waals surface area contributed by atoms with Gasteiger partial charge < -0.3 is 9.84 Å². The minimum Gasteiger partial charge on any atom is -0.507 e. The number of hydrazone groups is 1. The number of carbonyl (C=O) groups is 1. The summed E-state index contributed by atoms with van der Waals surface area (Å²) >= 11 is 0. The van der Waals surface area contributed by atoms with Crippen molar-refractivity contribution in [3.8, 4) is 11.5 Å². The summed E-state index contributed by atoms with van der Waals surface area (Å²) in [5.74, 6) is 0.516. The molecular weight excluding hydrogens is 304 g/mol. The van der Waals surface area contributed by atoms with E-state index in [1.54, 1.807) is 19.1 Å². The molecule has 1 amide bonds. The molecule has 24 heavy (non-hydrogen) atoms. The van der Waals surface area contributed by atoms with Crippen molar-refractivity contribution in [1.82, 2.24) is 5.43 Å². The average Bonchev–Trinajstić information content (AvgIpc) is 2.55.